The zero-order valence-electron chi connectivity index (χ0n) is 12.4. The molecule has 2 heterocycles. The number of fused-ring (bicyclic) bond motifs is 2. The van der Waals surface area contributed by atoms with Gasteiger partial charge in [0.25, 0.3) is 0 Å². The molecule has 0 aromatic heterocycles. The molecule has 0 spiro atoms. The highest BCUT2D eigenvalue weighted by molar-refractivity contribution is 5.24. The Kier molecular flexibility index (Phi) is 4.24. The van der Waals surface area contributed by atoms with Crippen molar-refractivity contribution < 1.29 is 8.78 Å². The summed E-state index contributed by atoms with van der Waals surface area (Å²) >= 11 is 0. The molecular formula is C16H23F2N3. The Bertz CT molecular complexity index is 488. The highest BCUT2D eigenvalue weighted by Gasteiger charge is 2.37. The van der Waals surface area contributed by atoms with Crippen LogP contribution in [-0.2, 0) is 0 Å². The molecule has 3 atom stereocenters. The van der Waals surface area contributed by atoms with Crippen LogP contribution >= 0.6 is 0 Å². The molecule has 116 valence electrons. The van der Waals surface area contributed by atoms with Crippen LogP contribution in [0.5, 0.6) is 0 Å². The van der Waals surface area contributed by atoms with Crippen LogP contribution in [0.3, 0.4) is 0 Å². The van der Waals surface area contributed by atoms with Gasteiger partial charge in [-0.05, 0) is 38.4 Å². The van der Waals surface area contributed by atoms with Crippen LogP contribution in [0.1, 0.15) is 30.9 Å². The van der Waals surface area contributed by atoms with Crippen molar-refractivity contribution in [2.75, 3.05) is 26.7 Å². The third-order valence-electron chi connectivity index (χ3n) is 5.18. The number of hydrogen-bond donors (Lipinski definition) is 1. The number of hydrogen-bond acceptors (Lipinski definition) is 3. The molecule has 2 saturated heterocycles. The number of nitrogens with two attached hydrogens (primary N) is 1. The largest absolute Gasteiger partial charge is 0.329 e. The van der Waals surface area contributed by atoms with E-state index in [4.69, 9.17) is 5.73 Å². The van der Waals surface area contributed by atoms with Crippen LogP contribution < -0.4 is 5.73 Å². The molecule has 5 heteroatoms. The Balaban J connectivity index is 1.87. The van der Waals surface area contributed by atoms with Gasteiger partial charge in [-0.3, -0.25) is 9.80 Å². The molecule has 0 saturated carbocycles. The maximum atomic E-state index is 14.1. The second-order valence-corrected chi connectivity index (χ2v) is 6.22. The van der Waals surface area contributed by atoms with E-state index in [0.717, 1.165) is 25.9 Å². The molecule has 3 rings (SSSR count). The topological polar surface area (TPSA) is 32.5 Å². The van der Waals surface area contributed by atoms with Crippen LogP contribution in [0, 0.1) is 11.6 Å². The van der Waals surface area contributed by atoms with Gasteiger partial charge in [0.15, 0.2) is 0 Å². The molecule has 2 aliphatic heterocycles. The third-order valence-corrected chi connectivity index (χ3v) is 5.18. The molecule has 0 radical (unpaired) electrons. The summed E-state index contributed by atoms with van der Waals surface area (Å²) < 4.78 is 28.2. The predicted molar refractivity (Wildman–Crippen MR) is 78.9 cm³/mol. The molecule has 1 aromatic rings. The van der Waals surface area contributed by atoms with Gasteiger partial charge < -0.3 is 5.73 Å². The number of rotatable bonds is 3. The van der Waals surface area contributed by atoms with Crippen LogP contribution in [-0.4, -0.2) is 48.6 Å². The van der Waals surface area contributed by atoms with E-state index >= 15 is 0 Å². The summed E-state index contributed by atoms with van der Waals surface area (Å²) in [5, 5.41) is 0. The van der Waals surface area contributed by atoms with E-state index in [0.29, 0.717) is 12.1 Å². The Morgan fingerprint density at radius 1 is 1.19 bits per heavy atom. The maximum Gasteiger partial charge on any atom is 0.130 e. The zero-order valence-corrected chi connectivity index (χ0v) is 12.4. The summed E-state index contributed by atoms with van der Waals surface area (Å²) in [6, 6.07) is 4.73. The molecule has 0 aliphatic carbocycles. The highest BCUT2D eigenvalue weighted by atomic mass is 19.1. The SMILES string of the molecule is CN1C2CCC1CN(C(CN)c1c(F)cccc1F)CC2. The molecule has 0 amide bonds. The lowest BCUT2D eigenvalue weighted by molar-refractivity contribution is 0.169. The van der Waals surface area contributed by atoms with E-state index < -0.39 is 11.6 Å². The van der Waals surface area contributed by atoms with Gasteiger partial charge in [0.2, 0.25) is 0 Å². The van der Waals surface area contributed by atoms with E-state index in [-0.39, 0.29) is 18.2 Å². The first kappa shape index (κ1) is 14.9. The van der Waals surface area contributed by atoms with E-state index in [9.17, 15) is 8.78 Å². The van der Waals surface area contributed by atoms with Gasteiger partial charge >= 0.3 is 0 Å². The Morgan fingerprint density at radius 3 is 2.52 bits per heavy atom. The minimum Gasteiger partial charge on any atom is -0.329 e. The normalized spacial score (nSPS) is 28.6. The first-order chi connectivity index (χ1) is 10.1. The van der Waals surface area contributed by atoms with Crippen LogP contribution in [0.4, 0.5) is 8.78 Å². The summed E-state index contributed by atoms with van der Waals surface area (Å²) in [4.78, 5) is 4.59. The average molecular weight is 295 g/mol. The van der Waals surface area contributed by atoms with Gasteiger partial charge in [-0.15, -0.1) is 0 Å². The van der Waals surface area contributed by atoms with Crippen LogP contribution in [0.15, 0.2) is 18.2 Å². The molecule has 2 aliphatic rings. The van der Waals surface area contributed by atoms with Crippen molar-refractivity contribution >= 4 is 0 Å². The van der Waals surface area contributed by atoms with E-state index in [1.165, 1.54) is 24.6 Å². The lowest BCUT2D eigenvalue weighted by Crippen LogP contribution is -2.41. The van der Waals surface area contributed by atoms with Crippen molar-refractivity contribution in [2.24, 2.45) is 5.73 Å². The minimum absolute atomic E-state index is 0.125. The Labute approximate surface area is 124 Å². The van der Waals surface area contributed by atoms with Crippen molar-refractivity contribution in [2.45, 2.75) is 37.4 Å². The Hall–Kier alpha value is -1.04. The first-order valence-corrected chi connectivity index (χ1v) is 7.71. The molecule has 1 aromatic carbocycles. The number of nitrogens with zero attached hydrogens (tertiary/aromatic N) is 2. The minimum atomic E-state index is -0.492. The highest BCUT2D eigenvalue weighted by Crippen LogP contribution is 2.33. The van der Waals surface area contributed by atoms with E-state index in [1.807, 2.05) is 0 Å². The van der Waals surface area contributed by atoms with Gasteiger partial charge in [0, 0.05) is 37.3 Å². The third kappa shape index (κ3) is 2.70. The molecule has 21 heavy (non-hydrogen) atoms. The lowest BCUT2D eigenvalue weighted by Gasteiger charge is -2.33. The van der Waals surface area contributed by atoms with Crippen molar-refractivity contribution in [3.63, 3.8) is 0 Å². The number of benzene rings is 1. The summed E-state index contributed by atoms with van der Waals surface area (Å²) in [6.07, 6.45) is 3.44. The summed E-state index contributed by atoms with van der Waals surface area (Å²) in [5.74, 6) is -0.985. The maximum absolute atomic E-state index is 14.1. The zero-order chi connectivity index (χ0) is 15.0. The van der Waals surface area contributed by atoms with Gasteiger partial charge in [-0.1, -0.05) is 6.07 Å². The fraction of sp³-hybridized carbons (Fsp3) is 0.625. The molecular weight excluding hydrogens is 272 g/mol. The fourth-order valence-electron chi connectivity index (χ4n) is 3.90. The monoisotopic (exact) mass is 295 g/mol. The van der Waals surface area contributed by atoms with E-state index in [2.05, 4.69) is 16.8 Å². The number of likely N-dealkylation sites (tertiary alicyclic amines) is 1. The summed E-state index contributed by atoms with van der Waals surface area (Å²) in [5.41, 5.74) is 5.99. The van der Waals surface area contributed by atoms with Crippen molar-refractivity contribution in [3.05, 3.63) is 35.4 Å². The smallest absolute Gasteiger partial charge is 0.130 e. The average Bonchev–Trinajstić information content (AvgIpc) is 2.69. The van der Waals surface area contributed by atoms with Crippen molar-refractivity contribution in [1.82, 2.24) is 9.80 Å². The van der Waals surface area contributed by atoms with Gasteiger partial charge in [0.1, 0.15) is 11.6 Å². The van der Waals surface area contributed by atoms with E-state index in [1.54, 1.807) is 0 Å². The second kappa shape index (κ2) is 5.99. The van der Waals surface area contributed by atoms with Gasteiger partial charge in [-0.25, -0.2) is 8.78 Å². The van der Waals surface area contributed by atoms with Gasteiger partial charge in [-0.2, -0.15) is 0 Å². The van der Waals surface area contributed by atoms with Crippen molar-refractivity contribution in [1.29, 1.82) is 0 Å². The molecule has 2 N–H and O–H groups in total. The second-order valence-electron chi connectivity index (χ2n) is 6.22. The number of likely N-dealkylation sites (N-methyl/N-ethyl adjacent to an activating group) is 1. The molecule has 2 fully saturated rings. The quantitative estimate of drug-likeness (QED) is 0.927. The molecule has 2 bridgehead atoms. The first-order valence-electron chi connectivity index (χ1n) is 7.71. The summed E-state index contributed by atoms with van der Waals surface area (Å²) in [7, 11) is 2.16. The Morgan fingerprint density at radius 2 is 1.86 bits per heavy atom. The van der Waals surface area contributed by atoms with Gasteiger partial charge in [0.05, 0.1) is 6.04 Å². The van der Waals surface area contributed by atoms with Crippen molar-refractivity contribution in [3.8, 4) is 0 Å². The van der Waals surface area contributed by atoms with Crippen LogP contribution in [0.25, 0.3) is 0 Å². The summed E-state index contributed by atoms with van der Waals surface area (Å²) in [6.45, 7) is 1.92. The predicted octanol–water partition coefficient (Wildman–Crippen LogP) is 2.13. The fourth-order valence-corrected chi connectivity index (χ4v) is 3.90. The van der Waals surface area contributed by atoms with Crippen LogP contribution in [0.2, 0.25) is 0 Å². The standard InChI is InChI=1S/C16H23F2N3/c1-20-11-5-6-12(20)10-21(8-7-11)15(9-19)16-13(17)3-2-4-14(16)18/h2-4,11-12,15H,5-10,19H2,1H3. The molecule has 3 unspecified atom stereocenters. The number of halogens is 2. The molecule has 3 nitrogen and oxygen atoms in total. The lowest BCUT2D eigenvalue weighted by atomic mass is 10.0.